The van der Waals surface area contributed by atoms with Gasteiger partial charge < -0.3 is 15.7 Å². The minimum Gasteiger partial charge on any atom is -0.481 e. The van der Waals surface area contributed by atoms with E-state index < -0.39 is 16.9 Å². The summed E-state index contributed by atoms with van der Waals surface area (Å²) in [6.45, 7) is 6.79. The number of halogens is 1. The lowest BCUT2D eigenvalue weighted by molar-refractivity contribution is -0.151. The maximum atomic E-state index is 11.9. The zero-order chi connectivity index (χ0) is 16.3. The third kappa shape index (κ3) is 4.44. The fourth-order valence-electron chi connectivity index (χ4n) is 1.53. The molecule has 0 fully saturated rings. The number of nitrogens with one attached hydrogen (secondary N) is 2. The van der Waals surface area contributed by atoms with E-state index in [1.54, 1.807) is 52.0 Å². The van der Waals surface area contributed by atoms with Crippen LogP contribution in [-0.2, 0) is 9.59 Å². The molecule has 0 aliphatic rings. The Morgan fingerprint density at radius 2 is 1.67 bits per heavy atom. The van der Waals surface area contributed by atoms with E-state index >= 15 is 0 Å². The predicted molar refractivity (Wildman–Crippen MR) is 83.6 cm³/mol. The maximum absolute atomic E-state index is 11.9. The zero-order valence-corrected chi connectivity index (χ0v) is 13.4. The molecule has 21 heavy (non-hydrogen) atoms. The van der Waals surface area contributed by atoms with Crippen molar-refractivity contribution in [3.63, 3.8) is 0 Å². The van der Waals surface area contributed by atoms with Crippen molar-refractivity contribution in [2.24, 2.45) is 5.41 Å². The first-order valence-corrected chi connectivity index (χ1v) is 6.98. The maximum Gasteiger partial charge on any atom is 0.310 e. The molecule has 0 unspecified atom stereocenters. The molecular formula is C15H21ClN2O3. The number of benzene rings is 1. The van der Waals surface area contributed by atoms with Gasteiger partial charge in [-0.15, -0.1) is 0 Å². The largest absolute Gasteiger partial charge is 0.481 e. The van der Waals surface area contributed by atoms with E-state index in [0.29, 0.717) is 10.7 Å². The quantitative estimate of drug-likeness (QED) is 0.754. The Bertz CT molecular complexity index is 524. The van der Waals surface area contributed by atoms with Gasteiger partial charge in [0.15, 0.2) is 0 Å². The van der Waals surface area contributed by atoms with Gasteiger partial charge in [-0.3, -0.25) is 9.59 Å². The molecule has 0 saturated heterocycles. The fraction of sp³-hybridized carbons (Fsp3) is 0.467. The van der Waals surface area contributed by atoms with Crippen molar-refractivity contribution >= 4 is 29.2 Å². The Hall–Kier alpha value is -1.59. The molecule has 5 nitrogen and oxygen atoms in total. The summed E-state index contributed by atoms with van der Waals surface area (Å²) in [6, 6.07) is 6.77. The third-order valence-corrected chi connectivity index (χ3v) is 4.17. The lowest BCUT2D eigenvalue weighted by atomic mass is 9.74. The molecule has 0 radical (unpaired) electrons. The average molecular weight is 313 g/mol. The second kappa shape index (κ2) is 6.45. The van der Waals surface area contributed by atoms with Crippen molar-refractivity contribution in [1.82, 2.24) is 5.32 Å². The molecule has 1 rings (SSSR count). The highest BCUT2D eigenvalue weighted by Gasteiger charge is 2.43. The van der Waals surface area contributed by atoms with E-state index in [-0.39, 0.29) is 12.5 Å². The van der Waals surface area contributed by atoms with Crippen LogP contribution in [0.1, 0.15) is 27.7 Å². The number of carboxylic acid groups (broad SMARTS) is 1. The molecule has 1 amide bonds. The van der Waals surface area contributed by atoms with Crippen LogP contribution in [0.2, 0.25) is 5.02 Å². The lowest BCUT2D eigenvalue weighted by Gasteiger charge is -2.38. The van der Waals surface area contributed by atoms with E-state index in [9.17, 15) is 14.7 Å². The second-order valence-electron chi connectivity index (χ2n) is 5.96. The van der Waals surface area contributed by atoms with Gasteiger partial charge in [-0.25, -0.2) is 0 Å². The summed E-state index contributed by atoms with van der Waals surface area (Å²) in [5, 5.41) is 15.6. The Balaban J connectivity index is 2.60. The molecule has 116 valence electrons. The molecule has 6 heteroatoms. The van der Waals surface area contributed by atoms with Crippen molar-refractivity contribution < 1.29 is 14.7 Å². The van der Waals surface area contributed by atoms with Crippen molar-refractivity contribution in [1.29, 1.82) is 0 Å². The predicted octanol–water partition coefficient (Wildman–Crippen LogP) is 2.76. The van der Waals surface area contributed by atoms with E-state index in [1.165, 1.54) is 0 Å². The number of hydrogen-bond donors (Lipinski definition) is 3. The van der Waals surface area contributed by atoms with Gasteiger partial charge in [-0.2, -0.15) is 0 Å². The van der Waals surface area contributed by atoms with E-state index in [0.717, 1.165) is 0 Å². The SMILES string of the molecule is CC(C)(NCC(=O)Nc1ccc(Cl)cc1)C(C)(C)C(=O)O. The van der Waals surface area contributed by atoms with Gasteiger partial charge in [0.2, 0.25) is 5.91 Å². The van der Waals surface area contributed by atoms with Crippen LogP contribution < -0.4 is 10.6 Å². The molecule has 1 aromatic rings. The van der Waals surface area contributed by atoms with Crippen molar-refractivity contribution in [3.8, 4) is 0 Å². The molecule has 0 aliphatic carbocycles. The minimum absolute atomic E-state index is 0.0202. The zero-order valence-electron chi connectivity index (χ0n) is 12.7. The number of carboxylic acids is 1. The van der Waals surface area contributed by atoms with E-state index in [2.05, 4.69) is 10.6 Å². The molecule has 1 aromatic carbocycles. The van der Waals surface area contributed by atoms with Gasteiger partial charge in [0.25, 0.3) is 0 Å². The summed E-state index contributed by atoms with van der Waals surface area (Å²) < 4.78 is 0. The summed E-state index contributed by atoms with van der Waals surface area (Å²) in [5.74, 6) is -1.16. The Morgan fingerprint density at radius 3 is 2.14 bits per heavy atom. The van der Waals surface area contributed by atoms with Gasteiger partial charge in [-0.1, -0.05) is 11.6 Å². The smallest absolute Gasteiger partial charge is 0.310 e. The summed E-state index contributed by atoms with van der Waals surface area (Å²) in [4.78, 5) is 23.2. The molecule has 0 heterocycles. The standard InChI is InChI=1S/C15H21ClN2O3/c1-14(2,13(20)21)15(3,4)17-9-12(19)18-11-7-5-10(16)6-8-11/h5-8,17H,9H2,1-4H3,(H,18,19)(H,20,21). The van der Waals surface area contributed by atoms with Crippen molar-refractivity contribution in [3.05, 3.63) is 29.3 Å². The Morgan fingerprint density at radius 1 is 1.14 bits per heavy atom. The van der Waals surface area contributed by atoms with Gasteiger partial charge in [0.05, 0.1) is 12.0 Å². The van der Waals surface area contributed by atoms with Crippen LogP contribution in [-0.4, -0.2) is 29.1 Å². The number of amides is 1. The first-order valence-electron chi connectivity index (χ1n) is 6.60. The monoisotopic (exact) mass is 312 g/mol. The average Bonchev–Trinajstić information content (AvgIpc) is 2.39. The van der Waals surface area contributed by atoms with E-state index in [1.807, 2.05) is 0 Å². The van der Waals surface area contributed by atoms with Gasteiger partial charge in [0.1, 0.15) is 0 Å². The van der Waals surface area contributed by atoms with Gasteiger partial charge in [0, 0.05) is 16.2 Å². The molecule has 0 aliphatic heterocycles. The van der Waals surface area contributed by atoms with Crippen LogP contribution in [0, 0.1) is 5.41 Å². The molecule has 3 N–H and O–H groups in total. The Labute approximate surface area is 129 Å². The lowest BCUT2D eigenvalue weighted by Crippen LogP contribution is -2.56. The highest BCUT2D eigenvalue weighted by atomic mass is 35.5. The number of carbonyl (C=O) groups excluding carboxylic acids is 1. The molecule has 0 spiro atoms. The number of anilines is 1. The van der Waals surface area contributed by atoms with Crippen LogP contribution in [0.25, 0.3) is 0 Å². The summed E-state index contributed by atoms with van der Waals surface area (Å²) in [7, 11) is 0. The minimum atomic E-state index is -1.01. The van der Waals surface area contributed by atoms with E-state index in [4.69, 9.17) is 11.6 Å². The van der Waals surface area contributed by atoms with Crippen LogP contribution >= 0.6 is 11.6 Å². The van der Waals surface area contributed by atoms with Crippen LogP contribution in [0.3, 0.4) is 0 Å². The number of hydrogen-bond acceptors (Lipinski definition) is 3. The number of aliphatic carboxylic acids is 1. The van der Waals surface area contributed by atoms with Crippen LogP contribution in [0.5, 0.6) is 0 Å². The van der Waals surface area contributed by atoms with Crippen LogP contribution in [0.15, 0.2) is 24.3 Å². The molecule has 0 saturated carbocycles. The van der Waals surface area contributed by atoms with Gasteiger partial charge in [-0.05, 0) is 52.0 Å². The Kier molecular flexibility index (Phi) is 5.36. The first kappa shape index (κ1) is 17.5. The van der Waals surface area contributed by atoms with Gasteiger partial charge >= 0.3 is 5.97 Å². The third-order valence-electron chi connectivity index (χ3n) is 3.92. The highest BCUT2D eigenvalue weighted by Crippen LogP contribution is 2.30. The van der Waals surface area contributed by atoms with Crippen molar-refractivity contribution in [2.75, 3.05) is 11.9 Å². The number of rotatable bonds is 6. The molecular weight excluding hydrogens is 292 g/mol. The summed E-state index contributed by atoms with van der Waals surface area (Å²) in [5.41, 5.74) is -1.11. The molecule has 0 aromatic heterocycles. The molecule has 0 bridgehead atoms. The molecule has 0 atom stereocenters. The topological polar surface area (TPSA) is 78.4 Å². The van der Waals surface area contributed by atoms with Crippen LogP contribution in [0.4, 0.5) is 5.69 Å². The second-order valence-corrected chi connectivity index (χ2v) is 6.40. The van der Waals surface area contributed by atoms with Crippen molar-refractivity contribution in [2.45, 2.75) is 33.2 Å². The summed E-state index contributed by atoms with van der Waals surface area (Å²) in [6.07, 6.45) is 0. The normalized spacial score (nSPS) is 12.0. The first-order chi connectivity index (χ1) is 9.56. The highest BCUT2D eigenvalue weighted by molar-refractivity contribution is 6.30. The summed E-state index contributed by atoms with van der Waals surface area (Å²) >= 11 is 5.77. The number of carbonyl (C=O) groups is 2. The fourth-order valence-corrected chi connectivity index (χ4v) is 1.65.